The average molecular weight is 362 g/mol. The van der Waals surface area contributed by atoms with Crippen molar-refractivity contribution in [1.82, 2.24) is 14.8 Å². The summed E-state index contributed by atoms with van der Waals surface area (Å²) in [5.74, 6) is 1.36. The van der Waals surface area contributed by atoms with Crippen LogP contribution in [0.5, 0.6) is 5.75 Å². The molecule has 2 rings (SSSR count). The summed E-state index contributed by atoms with van der Waals surface area (Å²) in [5.41, 5.74) is 5.81. The molecule has 25 heavy (non-hydrogen) atoms. The minimum atomic E-state index is -0.370. The van der Waals surface area contributed by atoms with E-state index < -0.39 is 0 Å². The first-order valence-electron chi connectivity index (χ1n) is 8.14. The van der Waals surface area contributed by atoms with Gasteiger partial charge in [-0.1, -0.05) is 11.8 Å². The number of nitrogens with zero attached hydrogens (tertiary/aromatic N) is 3. The SMILES string of the molecule is CCOc1ccc(C(=O)CSc2nnc(CCC(N)=O)n2CC)cc1. The number of ketones is 1. The van der Waals surface area contributed by atoms with Crippen molar-refractivity contribution in [1.29, 1.82) is 0 Å². The number of aryl methyl sites for hydroxylation is 1. The summed E-state index contributed by atoms with van der Waals surface area (Å²) in [6.07, 6.45) is 0.678. The Hall–Kier alpha value is -2.35. The Morgan fingerprint density at radius 3 is 2.52 bits per heavy atom. The van der Waals surface area contributed by atoms with Gasteiger partial charge in [-0.2, -0.15) is 0 Å². The number of thioether (sulfide) groups is 1. The summed E-state index contributed by atoms with van der Waals surface area (Å²) in [6, 6.07) is 7.10. The molecule has 1 aromatic carbocycles. The molecule has 0 spiro atoms. The zero-order valence-electron chi connectivity index (χ0n) is 14.4. The Bertz CT molecular complexity index is 728. The van der Waals surface area contributed by atoms with Crippen LogP contribution in [-0.2, 0) is 17.8 Å². The summed E-state index contributed by atoms with van der Waals surface area (Å²) in [6.45, 7) is 5.14. The molecule has 2 N–H and O–H groups in total. The topological polar surface area (TPSA) is 100 Å². The second-order valence-electron chi connectivity index (χ2n) is 5.28. The van der Waals surface area contributed by atoms with Crippen molar-refractivity contribution in [2.45, 2.75) is 38.4 Å². The highest BCUT2D eigenvalue weighted by molar-refractivity contribution is 7.99. The lowest BCUT2D eigenvalue weighted by Gasteiger charge is -2.07. The van der Waals surface area contributed by atoms with Crippen LogP contribution in [0.3, 0.4) is 0 Å². The number of hydrogen-bond donors (Lipinski definition) is 1. The van der Waals surface area contributed by atoms with Crippen molar-refractivity contribution in [3.63, 3.8) is 0 Å². The molecule has 134 valence electrons. The molecule has 0 saturated carbocycles. The smallest absolute Gasteiger partial charge is 0.217 e. The first-order chi connectivity index (χ1) is 12.0. The summed E-state index contributed by atoms with van der Waals surface area (Å²) < 4.78 is 7.27. The Kier molecular flexibility index (Phi) is 7.00. The van der Waals surface area contributed by atoms with Crippen molar-refractivity contribution in [2.24, 2.45) is 5.73 Å². The van der Waals surface area contributed by atoms with E-state index in [2.05, 4.69) is 10.2 Å². The van der Waals surface area contributed by atoms with Crippen LogP contribution in [0.2, 0.25) is 0 Å². The van der Waals surface area contributed by atoms with Gasteiger partial charge >= 0.3 is 0 Å². The molecule has 0 aliphatic heterocycles. The maximum atomic E-state index is 12.3. The molecule has 0 unspecified atom stereocenters. The van der Waals surface area contributed by atoms with E-state index in [-0.39, 0.29) is 23.9 Å². The van der Waals surface area contributed by atoms with Crippen molar-refractivity contribution < 1.29 is 14.3 Å². The summed E-state index contributed by atoms with van der Waals surface area (Å²) in [7, 11) is 0. The Morgan fingerprint density at radius 1 is 1.20 bits per heavy atom. The highest BCUT2D eigenvalue weighted by Crippen LogP contribution is 2.20. The van der Waals surface area contributed by atoms with Gasteiger partial charge in [0.05, 0.1) is 12.4 Å². The molecule has 0 aliphatic rings. The fourth-order valence-electron chi connectivity index (χ4n) is 2.28. The maximum Gasteiger partial charge on any atom is 0.217 e. The number of carbonyl (C=O) groups excluding carboxylic acids is 2. The van der Waals surface area contributed by atoms with Crippen molar-refractivity contribution >= 4 is 23.5 Å². The standard InChI is InChI=1S/C17H22N4O3S/c1-3-21-16(10-9-15(18)23)19-20-17(21)25-11-14(22)12-5-7-13(8-6-12)24-4-2/h5-8H,3-4,9-11H2,1-2H3,(H2,18,23). The third-order valence-electron chi connectivity index (χ3n) is 3.52. The molecule has 0 bridgehead atoms. The molecule has 0 aliphatic carbocycles. The van der Waals surface area contributed by atoms with E-state index in [9.17, 15) is 9.59 Å². The zero-order chi connectivity index (χ0) is 18.2. The van der Waals surface area contributed by atoms with Crippen LogP contribution in [0.4, 0.5) is 0 Å². The molecule has 7 nitrogen and oxygen atoms in total. The van der Waals surface area contributed by atoms with E-state index in [0.29, 0.717) is 36.1 Å². The maximum absolute atomic E-state index is 12.3. The van der Waals surface area contributed by atoms with Gasteiger partial charge in [-0.25, -0.2) is 0 Å². The lowest BCUT2D eigenvalue weighted by molar-refractivity contribution is -0.118. The number of Topliss-reactive ketones (excluding diaryl/α,β-unsaturated/α-hetero) is 1. The van der Waals surface area contributed by atoms with Crippen molar-refractivity contribution in [3.8, 4) is 5.75 Å². The molecule has 0 saturated heterocycles. The van der Waals surface area contributed by atoms with Gasteiger partial charge in [0.15, 0.2) is 10.9 Å². The highest BCUT2D eigenvalue weighted by Gasteiger charge is 2.14. The monoisotopic (exact) mass is 362 g/mol. The number of amides is 1. The van der Waals surface area contributed by atoms with Gasteiger partial charge < -0.3 is 15.0 Å². The van der Waals surface area contributed by atoms with E-state index in [4.69, 9.17) is 10.5 Å². The second-order valence-corrected chi connectivity index (χ2v) is 6.22. The summed E-state index contributed by atoms with van der Waals surface area (Å²) >= 11 is 1.34. The number of aromatic nitrogens is 3. The number of hydrogen-bond acceptors (Lipinski definition) is 6. The van der Waals surface area contributed by atoms with Gasteiger partial charge in [0.1, 0.15) is 11.6 Å². The Labute approximate surface area is 150 Å². The number of carbonyl (C=O) groups is 2. The number of primary amides is 1. The fourth-order valence-corrected chi connectivity index (χ4v) is 3.20. The van der Waals surface area contributed by atoms with Crippen LogP contribution in [0.15, 0.2) is 29.4 Å². The molecule has 0 radical (unpaired) electrons. The largest absolute Gasteiger partial charge is 0.494 e. The lowest BCUT2D eigenvalue weighted by atomic mass is 10.1. The van der Waals surface area contributed by atoms with E-state index >= 15 is 0 Å². The van der Waals surface area contributed by atoms with Crippen molar-refractivity contribution in [2.75, 3.05) is 12.4 Å². The van der Waals surface area contributed by atoms with Gasteiger partial charge in [0.25, 0.3) is 0 Å². The van der Waals surface area contributed by atoms with Crippen LogP contribution >= 0.6 is 11.8 Å². The molecule has 0 atom stereocenters. The van der Waals surface area contributed by atoms with Crippen LogP contribution in [0.1, 0.15) is 36.5 Å². The van der Waals surface area contributed by atoms with Crippen LogP contribution < -0.4 is 10.5 Å². The van der Waals surface area contributed by atoms with Crippen LogP contribution in [0.25, 0.3) is 0 Å². The number of benzene rings is 1. The van der Waals surface area contributed by atoms with E-state index in [0.717, 1.165) is 5.75 Å². The van der Waals surface area contributed by atoms with Gasteiger partial charge in [-0.15, -0.1) is 10.2 Å². The van der Waals surface area contributed by atoms with E-state index in [1.165, 1.54) is 11.8 Å². The van der Waals surface area contributed by atoms with Crippen LogP contribution in [-0.4, -0.2) is 38.8 Å². The summed E-state index contributed by atoms with van der Waals surface area (Å²) in [5, 5.41) is 8.89. The minimum absolute atomic E-state index is 0.0115. The van der Waals surface area contributed by atoms with Gasteiger partial charge in [-0.3, -0.25) is 9.59 Å². The first-order valence-corrected chi connectivity index (χ1v) is 9.13. The van der Waals surface area contributed by atoms with E-state index in [1.54, 1.807) is 24.3 Å². The number of ether oxygens (including phenoxy) is 1. The Balaban J connectivity index is 1.98. The molecular formula is C17H22N4O3S. The molecule has 0 fully saturated rings. The normalized spacial score (nSPS) is 10.6. The van der Waals surface area contributed by atoms with Gasteiger partial charge in [-0.05, 0) is 38.1 Å². The van der Waals surface area contributed by atoms with Crippen molar-refractivity contribution in [3.05, 3.63) is 35.7 Å². The lowest BCUT2D eigenvalue weighted by Crippen LogP contribution is -2.13. The molecular weight excluding hydrogens is 340 g/mol. The third kappa shape index (κ3) is 5.32. The molecule has 1 amide bonds. The predicted octanol–water partition coefficient (Wildman–Crippen LogP) is 2.09. The molecule has 8 heteroatoms. The first kappa shape index (κ1) is 19.0. The molecule has 2 aromatic rings. The number of rotatable bonds is 10. The molecule has 1 heterocycles. The Morgan fingerprint density at radius 2 is 1.92 bits per heavy atom. The predicted molar refractivity (Wildman–Crippen MR) is 95.9 cm³/mol. The van der Waals surface area contributed by atoms with E-state index in [1.807, 2.05) is 18.4 Å². The van der Waals surface area contributed by atoms with Crippen LogP contribution in [0, 0.1) is 0 Å². The number of nitrogens with two attached hydrogens (primary N) is 1. The average Bonchev–Trinajstić information content (AvgIpc) is 3.00. The zero-order valence-corrected chi connectivity index (χ0v) is 15.2. The van der Waals surface area contributed by atoms with Gasteiger partial charge in [0.2, 0.25) is 5.91 Å². The highest BCUT2D eigenvalue weighted by atomic mass is 32.2. The second kappa shape index (κ2) is 9.22. The minimum Gasteiger partial charge on any atom is -0.494 e. The fraction of sp³-hybridized carbons (Fsp3) is 0.412. The summed E-state index contributed by atoms with van der Waals surface area (Å²) in [4.78, 5) is 23.3. The molecule has 1 aromatic heterocycles. The van der Waals surface area contributed by atoms with Gasteiger partial charge in [0, 0.05) is 24.9 Å². The quantitative estimate of drug-likeness (QED) is 0.513. The third-order valence-corrected chi connectivity index (χ3v) is 4.49.